The third-order valence-corrected chi connectivity index (χ3v) is 4.46. The molecular formula is C18H17Cl2N3O5. The average Bonchev–Trinajstić information content (AvgIpc) is 3.04. The van der Waals surface area contributed by atoms with Crippen molar-refractivity contribution in [3.05, 3.63) is 44.2 Å². The molecule has 8 nitrogen and oxygen atoms in total. The largest absolute Gasteiger partial charge is 0.487 e. The van der Waals surface area contributed by atoms with Crippen LogP contribution < -0.4 is 15.0 Å². The van der Waals surface area contributed by atoms with Crippen molar-refractivity contribution in [2.75, 3.05) is 6.61 Å². The van der Waals surface area contributed by atoms with Crippen molar-refractivity contribution in [2.45, 2.75) is 26.2 Å². The lowest BCUT2D eigenvalue weighted by Crippen LogP contribution is -2.24. The lowest BCUT2D eigenvalue weighted by molar-refractivity contribution is -0.140. The first-order chi connectivity index (χ1) is 13.2. The second-order valence-corrected chi connectivity index (χ2v) is 7.24. The van der Waals surface area contributed by atoms with E-state index in [0.717, 1.165) is 0 Å². The summed E-state index contributed by atoms with van der Waals surface area (Å²) in [6, 6.07) is 4.61. The van der Waals surface area contributed by atoms with Crippen LogP contribution in [0.4, 0.5) is 0 Å². The first-order valence-electron chi connectivity index (χ1n) is 8.38. The highest BCUT2D eigenvalue weighted by Crippen LogP contribution is 2.39. The Kier molecular flexibility index (Phi) is 5.90. The molecule has 0 amide bonds. The molecule has 0 aliphatic carbocycles. The lowest BCUT2D eigenvalue weighted by atomic mass is 10.1. The van der Waals surface area contributed by atoms with Crippen molar-refractivity contribution in [1.29, 1.82) is 0 Å². The van der Waals surface area contributed by atoms with Gasteiger partial charge in [-0.3, -0.25) is 4.79 Å². The van der Waals surface area contributed by atoms with E-state index in [1.807, 2.05) is 13.8 Å². The number of hydrogen-bond donors (Lipinski definition) is 0. The van der Waals surface area contributed by atoms with E-state index in [1.54, 1.807) is 13.1 Å². The number of rotatable bonds is 6. The average molecular weight is 426 g/mol. The van der Waals surface area contributed by atoms with Gasteiger partial charge in [-0.15, -0.1) is 5.10 Å². The minimum Gasteiger partial charge on any atom is -0.487 e. The highest BCUT2D eigenvalue weighted by atomic mass is 35.5. The Morgan fingerprint density at radius 3 is 2.46 bits per heavy atom. The molecule has 0 unspecified atom stereocenters. The minimum atomic E-state index is -0.427. The van der Waals surface area contributed by atoms with E-state index in [4.69, 9.17) is 32.7 Å². The van der Waals surface area contributed by atoms with Crippen molar-refractivity contribution < 1.29 is 19.1 Å². The Balaban J connectivity index is 1.80. The topological polar surface area (TPSA) is 92.0 Å². The van der Waals surface area contributed by atoms with E-state index in [2.05, 4.69) is 15.1 Å². The second-order valence-electron chi connectivity index (χ2n) is 6.43. The number of benzene rings is 1. The molecular weight excluding hydrogens is 409 g/mol. The predicted octanol–water partition coefficient (Wildman–Crippen LogP) is 3.68. The number of carbonyl (C=O) groups excluding carboxylic acids is 1. The molecule has 0 N–H and O–H groups in total. The maximum absolute atomic E-state index is 12.1. The standard InChI is InChI=1S/C18H17Cl2N3O5/c1-9(2)12-7-15(21-23(3)18(12)25)27-17-13(19)5-11(6-14(17)20)26-8-10-4-16(24)28-22-10/h5-7,9H,4,8H2,1-3H3. The smallest absolute Gasteiger partial charge is 0.340 e. The van der Waals surface area contributed by atoms with Crippen molar-refractivity contribution in [3.8, 4) is 17.4 Å². The van der Waals surface area contributed by atoms with Gasteiger partial charge in [-0.05, 0) is 5.92 Å². The number of oxime groups is 1. The molecule has 10 heteroatoms. The number of ether oxygens (including phenoxy) is 2. The molecule has 0 spiro atoms. The first-order valence-corrected chi connectivity index (χ1v) is 9.13. The Hall–Kier alpha value is -2.58. The van der Waals surface area contributed by atoms with Crippen LogP contribution in [0.3, 0.4) is 0 Å². The van der Waals surface area contributed by atoms with Gasteiger partial charge in [0.2, 0.25) is 5.88 Å². The van der Waals surface area contributed by atoms with Crippen molar-refractivity contribution >= 4 is 34.9 Å². The summed E-state index contributed by atoms with van der Waals surface area (Å²) >= 11 is 12.6. The molecule has 1 aromatic heterocycles. The van der Waals surface area contributed by atoms with Gasteiger partial charge in [-0.2, -0.15) is 0 Å². The summed E-state index contributed by atoms with van der Waals surface area (Å²) in [5, 5.41) is 8.08. The zero-order valence-electron chi connectivity index (χ0n) is 15.4. The van der Waals surface area contributed by atoms with Gasteiger partial charge >= 0.3 is 5.97 Å². The monoisotopic (exact) mass is 425 g/mol. The van der Waals surface area contributed by atoms with Crippen LogP contribution in [0.25, 0.3) is 0 Å². The zero-order chi connectivity index (χ0) is 20.4. The molecule has 1 aliphatic rings. The van der Waals surface area contributed by atoms with Crippen LogP contribution in [0.1, 0.15) is 31.7 Å². The van der Waals surface area contributed by atoms with E-state index >= 15 is 0 Å². The Bertz CT molecular complexity index is 994. The number of hydrogen-bond acceptors (Lipinski definition) is 7. The van der Waals surface area contributed by atoms with Crippen molar-refractivity contribution in [3.63, 3.8) is 0 Å². The Labute approximate surface area is 170 Å². The van der Waals surface area contributed by atoms with E-state index in [0.29, 0.717) is 17.0 Å². The van der Waals surface area contributed by atoms with Gasteiger partial charge in [0.15, 0.2) is 5.75 Å². The van der Waals surface area contributed by atoms with Crippen LogP contribution in [0.15, 0.2) is 28.1 Å². The van der Waals surface area contributed by atoms with Crippen LogP contribution in [0.2, 0.25) is 10.0 Å². The number of carbonyl (C=O) groups is 1. The molecule has 0 atom stereocenters. The fourth-order valence-electron chi connectivity index (χ4n) is 2.48. The van der Waals surface area contributed by atoms with Crippen LogP contribution in [-0.4, -0.2) is 28.1 Å². The molecule has 148 valence electrons. The van der Waals surface area contributed by atoms with E-state index in [-0.39, 0.29) is 46.2 Å². The van der Waals surface area contributed by atoms with Gasteiger partial charge in [0.05, 0.1) is 16.5 Å². The molecule has 0 fully saturated rings. The molecule has 0 radical (unpaired) electrons. The third kappa shape index (κ3) is 4.45. The molecule has 3 rings (SSSR count). The molecule has 0 saturated heterocycles. The van der Waals surface area contributed by atoms with Gasteiger partial charge in [-0.1, -0.05) is 42.2 Å². The van der Waals surface area contributed by atoms with E-state index in [9.17, 15) is 9.59 Å². The summed E-state index contributed by atoms with van der Waals surface area (Å²) in [7, 11) is 1.54. The third-order valence-electron chi connectivity index (χ3n) is 3.90. The van der Waals surface area contributed by atoms with Gasteiger partial charge in [-0.25, -0.2) is 9.48 Å². The SMILES string of the molecule is CC(C)c1cc(Oc2c(Cl)cc(OCC3=NOC(=O)C3)cc2Cl)nn(C)c1=O. The minimum absolute atomic E-state index is 0.000123. The summed E-state index contributed by atoms with van der Waals surface area (Å²) in [4.78, 5) is 27.7. The van der Waals surface area contributed by atoms with E-state index < -0.39 is 5.97 Å². The summed E-state index contributed by atoms with van der Waals surface area (Å²) < 4.78 is 12.5. The van der Waals surface area contributed by atoms with Crippen LogP contribution in [-0.2, 0) is 16.7 Å². The fourth-order valence-corrected chi connectivity index (χ4v) is 3.02. The maximum atomic E-state index is 12.1. The number of nitrogens with zero attached hydrogens (tertiary/aromatic N) is 3. The highest BCUT2D eigenvalue weighted by Gasteiger charge is 2.19. The fraction of sp³-hybridized carbons (Fsp3) is 0.333. The maximum Gasteiger partial charge on any atom is 0.340 e. The summed E-state index contributed by atoms with van der Waals surface area (Å²) in [6.07, 6.45) is 0.0826. The molecule has 0 saturated carbocycles. The van der Waals surface area contributed by atoms with Gasteiger partial charge in [0.1, 0.15) is 18.1 Å². The van der Waals surface area contributed by atoms with Gasteiger partial charge in [0, 0.05) is 30.8 Å². The predicted molar refractivity (Wildman–Crippen MR) is 104 cm³/mol. The number of aromatic nitrogens is 2. The van der Waals surface area contributed by atoms with Crippen molar-refractivity contribution in [2.24, 2.45) is 12.2 Å². The number of halogens is 2. The van der Waals surface area contributed by atoms with Crippen LogP contribution in [0, 0.1) is 0 Å². The van der Waals surface area contributed by atoms with Crippen LogP contribution >= 0.6 is 23.2 Å². The van der Waals surface area contributed by atoms with Crippen LogP contribution in [0.5, 0.6) is 17.4 Å². The normalized spacial score (nSPS) is 13.5. The Morgan fingerprint density at radius 1 is 1.21 bits per heavy atom. The summed E-state index contributed by atoms with van der Waals surface area (Å²) in [5.41, 5.74) is 0.836. The molecule has 28 heavy (non-hydrogen) atoms. The van der Waals surface area contributed by atoms with Gasteiger partial charge in [0.25, 0.3) is 5.56 Å². The molecule has 1 aliphatic heterocycles. The second kappa shape index (κ2) is 8.20. The number of aryl methyl sites for hydroxylation is 1. The summed E-state index contributed by atoms with van der Waals surface area (Å²) in [6.45, 7) is 3.87. The zero-order valence-corrected chi connectivity index (χ0v) is 16.9. The van der Waals surface area contributed by atoms with Gasteiger partial charge < -0.3 is 14.3 Å². The Morgan fingerprint density at radius 2 is 1.89 bits per heavy atom. The molecule has 2 heterocycles. The molecule has 2 aromatic rings. The molecule has 1 aromatic carbocycles. The molecule has 0 bridgehead atoms. The van der Waals surface area contributed by atoms with E-state index in [1.165, 1.54) is 16.8 Å². The first kappa shape index (κ1) is 20.2. The van der Waals surface area contributed by atoms with Crippen molar-refractivity contribution in [1.82, 2.24) is 9.78 Å². The summed E-state index contributed by atoms with van der Waals surface area (Å²) in [5.74, 6) is 0.331. The quantitative estimate of drug-likeness (QED) is 0.655. The lowest BCUT2D eigenvalue weighted by Gasteiger charge is -2.13. The highest BCUT2D eigenvalue weighted by molar-refractivity contribution is 6.37.